The van der Waals surface area contributed by atoms with E-state index >= 15 is 0 Å². The van der Waals surface area contributed by atoms with E-state index < -0.39 is 35.0 Å². The number of carboxylic acid groups (broad SMARTS) is 1. The molecule has 10 heteroatoms. The lowest BCUT2D eigenvalue weighted by Gasteiger charge is -2.17. The SMILES string of the molecule is CN(CC(=O)NCC(=O)O)S(=O)(=O)c1cccc(Cl)c1Cl. The maximum Gasteiger partial charge on any atom is 0.322 e. The van der Waals surface area contributed by atoms with Crippen LogP contribution >= 0.6 is 23.2 Å². The van der Waals surface area contributed by atoms with E-state index in [1.54, 1.807) is 0 Å². The topological polar surface area (TPSA) is 104 Å². The number of halogens is 2. The molecule has 1 aromatic rings. The molecule has 0 saturated heterocycles. The van der Waals surface area contributed by atoms with Gasteiger partial charge in [0, 0.05) is 7.05 Å². The number of carboxylic acids is 1. The van der Waals surface area contributed by atoms with E-state index in [1.165, 1.54) is 25.2 Å². The molecule has 0 aliphatic carbocycles. The molecule has 0 aromatic heterocycles. The lowest BCUT2D eigenvalue weighted by molar-refractivity contribution is -0.137. The highest BCUT2D eigenvalue weighted by Gasteiger charge is 2.26. The second kappa shape index (κ2) is 7.08. The van der Waals surface area contributed by atoms with E-state index in [0.717, 1.165) is 4.31 Å². The van der Waals surface area contributed by atoms with Crippen LogP contribution in [0.15, 0.2) is 23.1 Å². The minimum Gasteiger partial charge on any atom is -0.480 e. The first-order valence-corrected chi connectivity index (χ1v) is 7.74. The largest absolute Gasteiger partial charge is 0.480 e. The zero-order valence-electron chi connectivity index (χ0n) is 10.8. The molecule has 2 N–H and O–H groups in total. The van der Waals surface area contributed by atoms with Crippen molar-refractivity contribution in [3.63, 3.8) is 0 Å². The highest BCUT2D eigenvalue weighted by Crippen LogP contribution is 2.30. The van der Waals surface area contributed by atoms with Gasteiger partial charge in [-0.05, 0) is 12.1 Å². The van der Waals surface area contributed by atoms with E-state index in [9.17, 15) is 18.0 Å². The Morgan fingerprint density at radius 1 is 1.33 bits per heavy atom. The minimum absolute atomic E-state index is 0.0708. The zero-order chi connectivity index (χ0) is 16.2. The summed E-state index contributed by atoms with van der Waals surface area (Å²) in [7, 11) is -2.84. The number of benzene rings is 1. The van der Waals surface area contributed by atoms with Crippen LogP contribution in [-0.4, -0.2) is 49.8 Å². The Labute approximate surface area is 131 Å². The summed E-state index contributed by atoms with van der Waals surface area (Å²) in [6.45, 7) is -1.14. The molecule has 0 bridgehead atoms. The molecule has 1 amide bonds. The molecule has 1 aromatic carbocycles. The number of carbonyl (C=O) groups is 2. The normalized spacial score (nSPS) is 11.4. The van der Waals surface area contributed by atoms with Crippen LogP contribution in [0.25, 0.3) is 0 Å². The molecule has 0 heterocycles. The van der Waals surface area contributed by atoms with Gasteiger partial charge < -0.3 is 10.4 Å². The van der Waals surface area contributed by atoms with Gasteiger partial charge in [0.2, 0.25) is 15.9 Å². The van der Waals surface area contributed by atoms with Crippen molar-refractivity contribution in [3.05, 3.63) is 28.2 Å². The van der Waals surface area contributed by atoms with Gasteiger partial charge in [-0.15, -0.1) is 0 Å². The van der Waals surface area contributed by atoms with Gasteiger partial charge in [0.15, 0.2) is 0 Å². The molecular formula is C11H12Cl2N2O5S. The van der Waals surface area contributed by atoms with E-state index in [1.807, 2.05) is 0 Å². The maximum atomic E-state index is 12.3. The van der Waals surface area contributed by atoms with Crippen molar-refractivity contribution < 1.29 is 23.1 Å². The van der Waals surface area contributed by atoms with Crippen LogP contribution in [-0.2, 0) is 19.6 Å². The molecule has 1 rings (SSSR count). The third kappa shape index (κ3) is 4.57. The number of likely N-dealkylation sites (N-methyl/N-ethyl adjacent to an activating group) is 1. The van der Waals surface area contributed by atoms with Crippen molar-refractivity contribution in [1.29, 1.82) is 0 Å². The quantitative estimate of drug-likeness (QED) is 0.786. The number of hydrogen-bond donors (Lipinski definition) is 2. The minimum atomic E-state index is -4.02. The highest BCUT2D eigenvalue weighted by molar-refractivity contribution is 7.89. The lowest BCUT2D eigenvalue weighted by atomic mass is 10.4. The van der Waals surface area contributed by atoms with E-state index in [0.29, 0.717) is 0 Å². The van der Waals surface area contributed by atoms with Crippen molar-refractivity contribution in [2.75, 3.05) is 20.1 Å². The van der Waals surface area contributed by atoms with Gasteiger partial charge in [-0.1, -0.05) is 29.3 Å². The Kier molecular flexibility index (Phi) is 5.97. The highest BCUT2D eigenvalue weighted by atomic mass is 35.5. The molecule has 116 valence electrons. The summed E-state index contributed by atoms with van der Waals surface area (Å²) in [5, 5.41) is 10.4. The van der Waals surface area contributed by atoms with Crippen LogP contribution in [0.3, 0.4) is 0 Å². The summed E-state index contributed by atoms with van der Waals surface area (Å²) in [4.78, 5) is 21.5. The molecule has 0 spiro atoms. The Balaban J connectivity index is 2.90. The van der Waals surface area contributed by atoms with Gasteiger partial charge in [0.25, 0.3) is 0 Å². The zero-order valence-corrected chi connectivity index (χ0v) is 13.2. The molecular weight excluding hydrogens is 343 g/mol. The number of sulfonamides is 1. The summed E-state index contributed by atoms with van der Waals surface area (Å²) in [5.41, 5.74) is 0. The fourth-order valence-corrected chi connectivity index (χ4v) is 3.23. The fourth-order valence-electron chi connectivity index (χ4n) is 1.37. The second-order valence-corrected chi connectivity index (χ2v) is 6.78. The van der Waals surface area contributed by atoms with E-state index in [4.69, 9.17) is 28.3 Å². The number of amides is 1. The van der Waals surface area contributed by atoms with Crippen molar-refractivity contribution in [3.8, 4) is 0 Å². The van der Waals surface area contributed by atoms with Gasteiger partial charge in [-0.3, -0.25) is 9.59 Å². The van der Waals surface area contributed by atoms with Crippen molar-refractivity contribution in [2.24, 2.45) is 0 Å². The van der Waals surface area contributed by atoms with Gasteiger partial charge >= 0.3 is 5.97 Å². The summed E-state index contributed by atoms with van der Waals surface area (Å²) >= 11 is 11.6. The van der Waals surface area contributed by atoms with Crippen LogP contribution in [0.1, 0.15) is 0 Å². The van der Waals surface area contributed by atoms with Crippen LogP contribution in [0.2, 0.25) is 10.0 Å². The molecule has 7 nitrogen and oxygen atoms in total. The van der Waals surface area contributed by atoms with Gasteiger partial charge in [-0.2, -0.15) is 4.31 Å². The third-order valence-electron chi connectivity index (χ3n) is 2.41. The standard InChI is InChI=1S/C11H12Cl2N2O5S/c1-15(6-9(16)14-5-10(17)18)21(19,20)8-4-2-3-7(12)11(8)13/h2-4H,5-6H2,1H3,(H,14,16)(H,17,18). The molecule has 21 heavy (non-hydrogen) atoms. The molecule has 0 saturated carbocycles. The van der Waals surface area contributed by atoms with Gasteiger partial charge in [0.1, 0.15) is 11.4 Å². The Morgan fingerprint density at radius 2 is 1.95 bits per heavy atom. The summed E-state index contributed by atoms with van der Waals surface area (Å²) in [6.07, 6.45) is 0. The number of nitrogens with zero attached hydrogens (tertiary/aromatic N) is 1. The first kappa shape index (κ1) is 17.7. The number of rotatable bonds is 6. The third-order valence-corrected chi connectivity index (χ3v) is 5.18. The smallest absolute Gasteiger partial charge is 0.322 e. The Morgan fingerprint density at radius 3 is 2.52 bits per heavy atom. The number of aliphatic carboxylic acids is 1. The van der Waals surface area contributed by atoms with Crippen molar-refractivity contribution in [2.45, 2.75) is 4.90 Å². The lowest BCUT2D eigenvalue weighted by Crippen LogP contribution is -2.40. The molecule has 0 unspecified atom stereocenters. The molecule has 0 fully saturated rings. The fraction of sp³-hybridized carbons (Fsp3) is 0.273. The monoisotopic (exact) mass is 354 g/mol. The summed E-state index contributed by atoms with van der Waals surface area (Å²) in [6, 6.07) is 4.11. The Hall–Kier alpha value is -1.35. The molecule has 0 aliphatic rings. The average Bonchev–Trinajstić information content (AvgIpc) is 2.39. The average molecular weight is 355 g/mol. The van der Waals surface area contributed by atoms with E-state index in [2.05, 4.69) is 5.32 Å². The predicted octanol–water partition coefficient (Wildman–Crippen LogP) is 0.815. The predicted molar refractivity (Wildman–Crippen MR) is 76.9 cm³/mol. The van der Waals surface area contributed by atoms with Crippen molar-refractivity contribution >= 4 is 45.1 Å². The first-order chi connectivity index (χ1) is 9.66. The van der Waals surface area contributed by atoms with Crippen LogP contribution < -0.4 is 5.32 Å². The molecule has 0 aliphatic heterocycles. The molecule has 0 atom stereocenters. The summed E-state index contributed by atoms with van der Waals surface area (Å²) < 4.78 is 25.3. The van der Waals surface area contributed by atoms with Crippen LogP contribution in [0.4, 0.5) is 0 Å². The second-order valence-electron chi connectivity index (χ2n) is 3.98. The number of nitrogens with one attached hydrogen (secondary N) is 1. The van der Waals surface area contributed by atoms with Gasteiger partial charge in [-0.25, -0.2) is 8.42 Å². The maximum absolute atomic E-state index is 12.3. The van der Waals surface area contributed by atoms with E-state index in [-0.39, 0.29) is 14.9 Å². The molecule has 0 radical (unpaired) electrons. The number of carbonyl (C=O) groups excluding carboxylic acids is 1. The first-order valence-electron chi connectivity index (χ1n) is 5.55. The van der Waals surface area contributed by atoms with Crippen LogP contribution in [0, 0.1) is 0 Å². The Bertz CT molecular complexity index is 663. The van der Waals surface area contributed by atoms with Gasteiger partial charge in [0.05, 0.1) is 16.6 Å². The van der Waals surface area contributed by atoms with Crippen molar-refractivity contribution in [1.82, 2.24) is 9.62 Å². The number of hydrogen-bond acceptors (Lipinski definition) is 4. The van der Waals surface area contributed by atoms with Crippen LogP contribution in [0.5, 0.6) is 0 Å². The summed E-state index contributed by atoms with van der Waals surface area (Å²) in [5.74, 6) is -1.98.